The SMILES string of the molecule is O=C(Nc1ccc([C@H]2O[C@@H](CSCCO)C[C@@H](c3ccc(CO)cc3)O2)cc1)c1c(F)c(F)c(F)c(F)c1F. The van der Waals surface area contributed by atoms with E-state index >= 15 is 0 Å². The minimum absolute atomic E-state index is 0.0293. The van der Waals surface area contributed by atoms with Gasteiger partial charge in [0.2, 0.25) is 5.82 Å². The van der Waals surface area contributed by atoms with Crippen LogP contribution in [0.1, 0.15) is 45.9 Å². The van der Waals surface area contributed by atoms with Crippen LogP contribution in [0.15, 0.2) is 48.5 Å². The van der Waals surface area contributed by atoms with Gasteiger partial charge in [0, 0.05) is 29.2 Å². The van der Waals surface area contributed by atoms with Crippen LogP contribution in [-0.4, -0.2) is 40.3 Å². The Hall–Kier alpha value is -3.03. The number of nitrogens with one attached hydrogen (secondary N) is 1. The zero-order valence-corrected chi connectivity index (χ0v) is 21.1. The molecule has 1 aliphatic rings. The number of anilines is 1. The Kier molecular flexibility index (Phi) is 9.57. The summed E-state index contributed by atoms with van der Waals surface area (Å²) in [4.78, 5) is 12.3. The van der Waals surface area contributed by atoms with Crippen LogP contribution < -0.4 is 5.32 Å². The Morgan fingerprint density at radius 2 is 1.44 bits per heavy atom. The summed E-state index contributed by atoms with van der Waals surface area (Å²) >= 11 is 1.52. The number of hydrogen-bond donors (Lipinski definition) is 3. The van der Waals surface area contributed by atoms with Crippen molar-refractivity contribution in [2.75, 3.05) is 23.4 Å². The summed E-state index contributed by atoms with van der Waals surface area (Å²) < 4.78 is 80.5. The normalized spacial score (nSPS) is 19.2. The summed E-state index contributed by atoms with van der Waals surface area (Å²) in [7, 11) is 0. The van der Waals surface area contributed by atoms with E-state index in [-0.39, 0.29) is 31.1 Å². The average Bonchev–Trinajstić information content (AvgIpc) is 2.95. The molecule has 1 fully saturated rings. The third-order valence-corrected chi connectivity index (χ3v) is 7.11. The Morgan fingerprint density at radius 1 is 0.846 bits per heavy atom. The second-order valence-corrected chi connectivity index (χ2v) is 9.82. The van der Waals surface area contributed by atoms with Gasteiger partial charge in [0.15, 0.2) is 29.6 Å². The molecule has 3 aromatic rings. The molecular weight excluding hydrogens is 545 g/mol. The van der Waals surface area contributed by atoms with Gasteiger partial charge in [0.05, 0.1) is 25.4 Å². The van der Waals surface area contributed by atoms with Crippen LogP contribution in [0.25, 0.3) is 0 Å². The highest BCUT2D eigenvalue weighted by Gasteiger charge is 2.33. The summed E-state index contributed by atoms with van der Waals surface area (Å²) in [6.07, 6.45) is -0.842. The minimum atomic E-state index is -2.35. The largest absolute Gasteiger partial charge is 0.396 e. The molecule has 0 spiro atoms. The second kappa shape index (κ2) is 12.9. The predicted molar refractivity (Wildman–Crippen MR) is 133 cm³/mol. The number of rotatable bonds is 9. The number of hydrogen-bond acceptors (Lipinski definition) is 6. The standard InChI is InChI=1S/C27H24F5NO5S/c28-21-20(22(29)24(31)25(32)23(21)30)26(36)33-17-7-5-16(6-8-17)27-37-18(13-39-10-9-34)11-19(38-27)15-3-1-14(12-35)2-4-15/h1-8,18-19,27,34-35H,9-13H2,(H,33,36)/t18-,19+,27+/m1/s1. The number of thioether (sulfide) groups is 1. The van der Waals surface area contributed by atoms with Gasteiger partial charge in [-0.1, -0.05) is 36.4 Å². The maximum atomic E-state index is 14.0. The molecule has 1 saturated heterocycles. The molecule has 0 unspecified atom stereocenters. The summed E-state index contributed by atoms with van der Waals surface area (Å²) in [5.74, 6) is -11.6. The van der Waals surface area contributed by atoms with Crippen molar-refractivity contribution in [3.05, 3.63) is 99.9 Å². The monoisotopic (exact) mass is 569 g/mol. The van der Waals surface area contributed by atoms with E-state index in [0.29, 0.717) is 23.5 Å². The van der Waals surface area contributed by atoms with Gasteiger partial charge in [-0.15, -0.1) is 0 Å². The number of carbonyl (C=O) groups is 1. The molecule has 3 aromatic carbocycles. The number of aliphatic hydroxyl groups excluding tert-OH is 2. The topological polar surface area (TPSA) is 88.0 Å². The fourth-order valence-electron chi connectivity index (χ4n) is 4.02. The van der Waals surface area contributed by atoms with Crippen molar-refractivity contribution in [1.82, 2.24) is 0 Å². The summed E-state index contributed by atoms with van der Waals surface area (Å²) in [5.41, 5.74) is 0.630. The zero-order valence-electron chi connectivity index (χ0n) is 20.3. The second-order valence-electron chi connectivity index (χ2n) is 8.67. The molecular formula is C27H24F5NO5S. The van der Waals surface area contributed by atoms with E-state index < -0.39 is 46.8 Å². The van der Waals surface area contributed by atoms with Crippen LogP contribution in [0.3, 0.4) is 0 Å². The quantitative estimate of drug-likeness (QED) is 0.139. The van der Waals surface area contributed by atoms with Crippen LogP contribution in [0, 0.1) is 29.1 Å². The lowest BCUT2D eigenvalue weighted by molar-refractivity contribution is -0.245. The fourth-order valence-corrected chi connectivity index (χ4v) is 4.80. The predicted octanol–water partition coefficient (Wildman–Crippen LogP) is 5.40. The number of ether oxygens (including phenoxy) is 2. The zero-order chi connectivity index (χ0) is 28.1. The third-order valence-electron chi connectivity index (χ3n) is 6.03. The number of benzene rings is 3. The lowest BCUT2D eigenvalue weighted by atomic mass is 10.0. The van der Waals surface area contributed by atoms with Crippen molar-refractivity contribution in [2.24, 2.45) is 0 Å². The molecule has 208 valence electrons. The smallest absolute Gasteiger partial charge is 0.261 e. The van der Waals surface area contributed by atoms with Gasteiger partial charge in [0.25, 0.3) is 5.91 Å². The van der Waals surface area contributed by atoms with Crippen molar-refractivity contribution < 1.29 is 46.4 Å². The Morgan fingerprint density at radius 3 is 2.03 bits per heavy atom. The van der Waals surface area contributed by atoms with Crippen LogP contribution in [0.2, 0.25) is 0 Å². The number of amides is 1. The molecule has 0 bridgehead atoms. The van der Waals surface area contributed by atoms with Crippen LogP contribution >= 0.6 is 11.8 Å². The van der Waals surface area contributed by atoms with E-state index in [1.165, 1.54) is 36.0 Å². The van der Waals surface area contributed by atoms with Gasteiger partial charge in [-0.05, 0) is 23.3 Å². The van der Waals surface area contributed by atoms with E-state index in [0.717, 1.165) is 11.1 Å². The number of halogens is 5. The van der Waals surface area contributed by atoms with E-state index in [9.17, 15) is 31.9 Å². The molecule has 4 rings (SSSR count). The molecule has 0 saturated carbocycles. The van der Waals surface area contributed by atoms with Gasteiger partial charge in [0.1, 0.15) is 5.56 Å². The van der Waals surface area contributed by atoms with E-state index in [1.54, 1.807) is 12.1 Å². The average molecular weight is 570 g/mol. The highest BCUT2D eigenvalue weighted by Crippen LogP contribution is 2.39. The van der Waals surface area contributed by atoms with Crippen molar-refractivity contribution >= 4 is 23.4 Å². The first-order chi connectivity index (χ1) is 18.7. The van der Waals surface area contributed by atoms with Crippen LogP contribution in [0.5, 0.6) is 0 Å². The fraction of sp³-hybridized carbons (Fsp3) is 0.296. The van der Waals surface area contributed by atoms with E-state index in [4.69, 9.17) is 14.6 Å². The van der Waals surface area contributed by atoms with Gasteiger partial charge in [-0.2, -0.15) is 11.8 Å². The molecule has 0 aliphatic carbocycles. The van der Waals surface area contributed by atoms with Crippen molar-refractivity contribution in [1.29, 1.82) is 0 Å². The molecule has 3 atom stereocenters. The van der Waals surface area contributed by atoms with Crippen LogP contribution in [-0.2, 0) is 16.1 Å². The van der Waals surface area contributed by atoms with Crippen LogP contribution in [0.4, 0.5) is 27.6 Å². The Balaban J connectivity index is 1.51. The molecule has 12 heteroatoms. The van der Waals surface area contributed by atoms with Gasteiger partial charge >= 0.3 is 0 Å². The first-order valence-corrected chi connectivity index (χ1v) is 13.0. The highest BCUT2D eigenvalue weighted by atomic mass is 32.2. The van der Waals surface area contributed by atoms with Crippen molar-refractivity contribution in [3.8, 4) is 0 Å². The summed E-state index contributed by atoms with van der Waals surface area (Å²) in [5, 5.41) is 20.5. The van der Waals surface area contributed by atoms with Crippen molar-refractivity contribution in [3.63, 3.8) is 0 Å². The number of carbonyl (C=O) groups excluding carboxylic acids is 1. The van der Waals surface area contributed by atoms with E-state index in [2.05, 4.69) is 5.32 Å². The molecule has 1 aliphatic heterocycles. The highest BCUT2D eigenvalue weighted by molar-refractivity contribution is 7.99. The Bertz CT molecular complexity index is 1280. The Labute approximate surface area is 224 Å². The lowest BCUT2D eigenvalue weighted by Gasteiger charge is -2.36. The van der Waals surface area contributed by atoms with Gasteiger partial charge in [-0.25, -0.2) is 22.0 Å². The molecule has 1 heterocycles. The minimum Gasteiger partial charge on any atom is -0.396 e. The number of aliphatic hydroxyl groups is 2. The molecule has 0 aromatic heterocycles. The summed E-state index contributed by atoms with van der Waals surface area (Å²) in [6.45, 7) is -0.0628. The van der Waals surface area contributed by atoms with Gasteiger partial charge < -0.3 is 25.0 Å². The first kappa shape index (κ1) is 29.0. The molecule has 6 nitrogen and oxygen atoms in total. The molecule has 3 N–H and O–H groups in total. The van der Waals surface area contributed by atoms with E-state index in [1.807, 2.05) is 12.1 Å². The molecule has 1 amide bonds. The summed E-state index contributed by atoms with van der Waals surface area (Å²) in [6, 6.07) is 13.1. The molecule has 0 radical (unpaired) electrons. The molecule has 39 heavy (non-hydrogen) atoms. The third kappa shape index (κ3) is 6.59. The maximum absolute atomic E-state index is 14.0. The lowest BCUT2D eigenvalue weighted by Crippen LogP contribution is -2.31. The van der Waals surface area contributed by atoms with Crippen molar-refractivity contribution in [2.45, 2.75) is 31.5 Å². The first-order valence-electron chi connectivity index (χ1n) is 11.9. The van der Waals surface area contributed by atoms with Gasteiger partial charge in [-0.3, -0.25) is 4.79 Å². The maximum Gasteiger partial charge on any atom is 0.261 e.